The Bertz CT molecular complexity index is 739. The minimum atomic E-state index is 0.526. The van der Waals surface area contributed by atoms with Crippen molar-refractivity contribution in [2.24, 2.45) is 0 Å². The minimum Gasteiger partial charge on any atom is -0.438 e. The topological polar surface area (TPSA) is 35.0 Å². The van der Waals surface area contributed by atoms with Crippen molar-refractivity contribution in [2.45, 2.75) is 6.92 Å². The van der Waals surface area contributed by atoms with Gasteiger partial charge in [0.25, 0.3) is 0 Å². The van der Waals surface area contributed by atoms with E-state index in [1.807, 2.05) is 49.4 Å². The van der Waals surface area contributed by atoms with Crippen LogP contribution >= 0.6 is 15.9 Å². The van der Waals surface area contributed by atoms with E-state index in [0.717, 1.165) is 16.9 Å². The van der Waals surface area contributed by atoms with E-state index in [2.05, 4.69) is 38.0 Å². The first-order chi connectivity index (χ1) is 10.2. The number of aromatic nitrogens is 2. The molecule has 0 saturated heterocycles. The van der Waals surface area contributed by atoms with Crippen LogP contribution in [0.2, 0.25) is 0 Å². The number of para-hydroxylation sites is 1. The summed E-state index contributed by atoms with van der Waals surface area (Å²) in [5.74, 6) is 1.96. The number of ether oxygens (including phenoxy) is 1. The molecule has 0 saturated carbocycles. The zero-order valence-electron chi connectivity index (χ0n) is 11.5. The molecule has 0 aliphatic heterocycles. The summed E-state index contributed by atoms with van der Waals surface area (Å²) in [5.41, 5.74) is 2.14. The molecule has 0 aliphatic rings. The first-order valence-electron chi connectivity index (χ1n) is 6.56. The number of benzene rings is 2. The third-order valence-electron chi connectivity index (χ3n) is 2.97. The predicted molar refractivity (Wildman–Crippen MR) is 86.4 cm³/mol. The van der Waals surface area contributed by atoms with Gasteiger partial charge in [0, 0.05) is 11.6 Å². The van der Waals surface area contributed by atoms with Crippen LogP contribution in [-0.2, 0) is 0 Å². The van der Waals surface area contributed by atoms with Crippen molar-refractivity contribution < 1.29 is 4.74 Å². The van der Waals surface area contributed by atoms with E-state index in [1.165, 1.54) is 0 Å². The van der Waals surface area contributed by atoms with Crippen LogP contribution in [0, 0.1) is 6.92 Å². The minimum absolute atomic E-state index is 0.526. The Hall–Kier alpha value is -2.20. The second kappa shape index (κ2) is 6.06. The lowest BCUT2D eigenvalue weighted by Gasteiger charge is -2.11. The van der Waals surface area contributed by atoms with E-state index in [0.29, 0.717) is 16.3 Å². The molecule has 3 aromatic rings. The van der Waals surface area contributed by atoms with Gasteiger partial charge in [-0.25, -0.2) is 4.98 Å². The molecule has 0 N–H and O–H groups in total. The number of halogens is 1. The van der Waals surface area contributed by atoms with Gasteiger partial charge in [0.1, 0.15) is 16.2 Å². The predicted octanol–water partition coefficient (Wildman–Crippen LogP) is 5.01. The molecule has 2 aromatic carbocycles. The summed E-state index contributed by atoms with van der Waals surface area (Å²) in [4.78, 5) is 8.48. The van der Waals surface area contributed by atoms with Gasteiger partial charge in [-0.1, -0.05) is 48.5 Å². The van der Waals surface area contributed by atoms with E-state index >= 15 is 0 Å². The Labute approximate surface area is 131 Å². The molecule has 0 bridgehead atoms. The van der Waals surface area contributed by atoms with Crippen molar-refractivity contribution in [2.75, 3.05) is 0 Å². The maximum Gasteiger partial charge on any atom is 0.223 e. The van der Waals surface area contributed by atoms with Crippen molar-refractivity contribution in [1.82, 2.24) is 9.97 Å². The third kappa shape index (κ3) is 3.28. The molecule has 1 aromatic heterocycles. The van der Waals surface area contributed by atoms with Gasteiger partial charge in [-0.2, -0.15) is 4.98 Å². The van der Waals surface area contributed by atoms with Gasteiger partial charge < -0.3 is 4.74 Å². The molecular weight excluding hydrogens is 328 g/mol. The molecule has 0 fully saturated rings. The fourth-order valence-corrected chi connectivity index (χ4v) is 2.53. The first-order valence-corrected chi connectivity index (χ1v) is 7.35. The summed E-state index contributed by atoms with van der Waals surface area (Å²) in [6.45, 7) is 1.83. The van der Waals surface area contributed by atoms with Crippen LogP contribution in [0.1, 0.15) is 5.82 Å². The van der Waals surface area contributed by atoms with Crippen molar-refractivity contribution in [3.05, 3.63) is 71.1 Å². The van der Waals surface area contributed by atoms with Crippen LogP contribution in [0.4, 0.5) is 0 Å². The third-order valence-corrected chi connectivity index (χ3v) is 3.38. The van der Waals surface area contributed by atoms with Gasteiger partial charge in [-0.15, -0.1) is 0 Å². The highest BCUT2D eigenvalue weighted by Gasteiger charge is 2.08. The molecular formula is C17H13BrN2O. The highest BCUT2D eigenvalue weighted by molar-refractivity contribution is 9.10. The molecule has 0 radical (unpaired) electrons. The molecule has 0 aliphatic carbocycles. The first kappa shape index (κ1) is 13.8. The Balaban J connectivity index is 2.00. The zero-order valence-corrected chi connectivity index (χ0v) is 13.0. The van der Waals surface area contributed by atoms with E-state index in [-0.39, 0.29) is 0 Å². The Morgan fingerprint density at radius 2 is 1.62 bits per heavy atom. The lowest BCUT2D eigenvalue weighted by Crippen LogP contribution is -1.94. The summed E-state index contributed by atoms with van der Waals surface area (Å²) in [6, 6.07) is 19.8. The zero-order chi connectivity index (χ0) is 14.7. The molecule has 0 atom stereocenters. The fraction of sp³-hybridized carbons (Fsp3) is 0.0588. The lowest BCUT2D eigenvalue weighted by atomic mass is 10.1. The number of aryl methyl sites for hydroxylation is 1. The quantitative estimate of drug-likeness (QED) is 0.629. The van der Waals surface area contributed by atoms with Gasteiger partial charge >= 0.3 is 0 Å². The molecule has 104 valence electrons. The molecule has 3 rings (SSSR count). The number of hydrogen-bond acceptors (Lipinski definition) is 3. The maximum atomic E-state index is 5.94. The molecule has 0 amide bonds. The second-order valence-electron chi connectivity index (χ2n) is 4.54. The smallest absolute Gasteiger partial charge is 0.223 e. The van der Waals surface area contributed by atoms with Crippen molar-refractivity contribution >= 4 is 15.9 Å². The summed E-state index contributed by atoms with van der Waals surface area (Å²) in [6.07, 6.45) is 0. The van der Waals surface area contributed by atoms with Gasteiger partial charge in [0.2, 0.25) is 5.88 Å². The van der Waals surface area contributed by atoms with E-state index in [9.17, 15) is 0 Å². The SMILES string of the molecule is Cc1nc(Br)cc(Oc2ccccc2-c2ccccc2)n1. The van der Waals surface area contributed by atoms with Gasteiger partial charge in [-0.05, 0) is 34.5 Å². The Morgan fingerprint density at radius 1 is 0.905 bits per heavy atom. The van der Waals surface area contributed by atoms with Crippen molar-refractivity contribution in [3.8, 4) is 22.8 Å². The van der Waals surface area contributed by atoms with Crippen molar-refractivity contribution in [3.63, 3.8) is 0 Å². The summed E-state index contributed by atoms with van der Waals surface area (Å²) >= 11 is 3.36. The van der Waals surface area contributed by atoms with Gasteiger partial charge in [-0.3, -0.25) is 0 Å². The maximum absolute atomic E-state index is 5.94. The monoisotopic (exact) mass is 340 g/mol. The van der Waals surface area contributed by atoms with Crippen LogP contribution in [0.5, 0.6) is 11.6 Å². The molecule has 21 heavy (non-hydrogen) atoms. The highest BCUT2D eigenvalue weighted by atomic mass is 79.9. The van der Waals surface area contributed by atoms with Crippen LogP contribution in [0.15, 0.2) is 65.3 Å². The summed E-state index contributed by atoms with van der Waals surface area (Å²) in [5, 5.41) is 0. The van der Waals surface area contributed by atoms with Gasteiger partial charge in [0.15, 0.2) is 0 Å². The molecule has 4 heteroatoms. The normalized spacial score (nSPS) is 10.4. The largest absolute Gasteiger partial charge is 0.438 e. The number of hydrogen-bond donors (Lipinski definition) is 0. The van der Waals surface area contributed by atoms with Crippen LogP contribution in [-0.4, -0.2) is 9.97 Å². The van der Waals surface area contributed by atoms with Crippen LogP contribution in [0.3, 0.4) is 0 Å². The average Bonchev–Trinajstić information content (AvgIpc) is 2.48. The fourth-order valence-electron chi connectivity index (χ4n) is 2.08. The average molecular weight is 341 g/mol. The van der Waals surface area contributed by atoms with Crippen molar-refractivity contribution in [1.29, 1.82) is 0 Å². The molecule has 0 spiro atoms. The molecule has 1 heterocycles. The Morgan fingerprint density at radius 3 is 2.38 bits per heavy atom. The summed E-state index contributed by atoms with van der Waals surface area (Å²) in [7, 11) is 0. The lowest BCUT2D eigenvalue weighted by molar-refractivity contribution is 0.461. The van der Waals surface area contributed by atoms with Crippen LogP contribution in [0.25, 0.3) is 11.1 Å². The molecule has 3 nitrogen and oxygen atoms in total. The van der Waals surface area contributed by atoms with E-state index in [1.54, 1.807) is 6.07 Å². The van der Waals surface area contributed by atoms with E-state index in [4.69, 9.17) is 4.74 Å². The highest BCUT2D eigenvalue weighted by Crippen LogP contribution is 2.32. The van der Waals surface area contributed by atoms with Gasteiger partial charge in [0.05, 0.1) is 0 Å². The number of nitrogens with zero attached hydrogens (tertiary/aromatic N) is 2. The summed E-state index contributed by atoms with van der Waals surface area (Å²) < 4.78 is 6.65. The Kier molecular flexibility index (Phi) is 3.97. The molecule has 0 unspecified atom stereocenters. The standard InChI is InChI=1S/C17H13BrN2O/c1-12-19-16(18)11-17(20-12)21-15-10-6-5-9-14(15)13-7-3-2-4-8-13/h2-11H,1H3. The van der Waals surface area contributed by atoms with Crippen LogP contribution < -0.4 is 4.74 Å². The van der Waals surface area contributed by atoms with E-state index < -0.39 is 0 Å². The second-order valence-corrected chi connectivity index (χ2v) is 5.35. The number of rotatable bonds is 3.